The second-order valence-corrected chi connectivity index (χ2v) is 6.16. The predicted molar refractivity (Wildman–Crippen MR) is 73.8 cm³/mol. The van der Waals surface area contributed by atoms with Crippen LogP contribution in [0.15, 0.2) is 23.4 Å². The van der Waals surface area contributed by atoms with Crippen LogP contribution in [0.4, 0.5) is 5.69 Å². The van der Waals surface area contributed by atoms with Gasteiger partial charge in [0.05, 0.1) is 12.8 Å². The Hall–Kier alpha value is -2.29. The molecule has 9 heteroatoms. The predicted octanol–water partition coefficient (Wildman–Crippen LogP) is -0.227. The summed E-state index contributed by atoms with van der Waals surface area (Å²) in [6.07, 6.45) is 0.964. The van der Waals surface area contributed by atoms with Crippen molar-refractivity contribution < 1.29 is 23.2 Å². The van der Waals surface area contributed by atoms with E-state index in [-0.39, 0.29) is 17.3 Å². The van der Waals surface area contributed by atoms with Crippen molar-refractivity contribution in [3.8, 4) is 5.75 Å². The number of methoxy groups -OCH3 is 1. The Morgan fingerprint density at radius 2 is 2.15 bits per heavy atom. The molecule has 0 aliphatic rings. The number of benzene rings is 1. The molecule has 0 atom stereocenters. The van der Waals surface area contributed by atoms with E-state index >= 15 is 0 Å². The number of anilines is 1. The van der Waals surface area contributed by atoms with E-state index in [0.29, 0.717) is 5.56 Å². The molecule has 20 heavy (non-hydrogen) atoms. The number of oxime groups is 1. The van der Waals surface area contributed by atoms with Crippen molar-refractivity contribution in [1.29, 1.82) is 0 Å². The van der Waals surface area contributed by atoms with E-state index in [2.05, 4.69) is 10.5 Å². The molecule has 0 saturated heterocycles. The third-order valence-corrected chi connectivity index (χ3v) is 3.06. The number of ether oxygens (including phenoxy) is 1. The Bertz CT molecular complexity index is 639. The molecular formula is C11H15N3O5S. The average Bonchev–Trinajstić information content (AvgIpc) is 2.36. The topological polar surface area (TPSA) is 131 Å². The van der Waals surface area contributed by atoms with E-state index in [1.165, 1.54) is 25.3 Å². The lowest BCUT2D eigenvalue weighted by atomic mass is 10.1. The minimum atomic E-state index is -3.41. The number of amides is 1. The van der Waals surface area contributed by atoms with E-state index in [1.54, 1.807) is 0 Å². The zero-order valence-corrected chi connectivity index (χ0v) is 11.8. The molecule has 0 spiro atoms. The van der Waals surface area contributed by atoms with Crippen molar-refractivity contribution >= 4 is 27.3 Å². The number of nitrogens with one attached hydrogen (secondary N) is 1. The third kappa shape index (κ3) is 4.43. The maximum atomic E-state index is 11.5. The molecule has 1 aromatic rings. The van der Waals surface area contributed by atoms with Gasteiger partial charge in [0.15, 0.2) is 15.7 Å². The normalized spacial score (nSPS) is 12.0. The molecule has 0 bridgehead atoms. The fourth-order valence-corrected chi connectivity index (χ4v) is 1.98. The van der Waals surface area contributed by atoms with Gasteiger partial charge in [0.25, 0.3) is 0 Å². The molecule has 110 valence electrons. The number of carbonyl (C=O) groups is 1. The fraction of sp³-hybridized carbons (Fsp3) is 0.273. The molecule has 4 N–H and O–H groups in total. The Morgan fingerprint density at radius 3 is 2.65 bits per heavy atom. The number of hydrogen-bond acceptors (Lipinski definition) is 6. The van der Waals surface area contributed by atoms with Gasteiger partial charge in [0, 0.05) is 11.8 Å². The van der Waals surface area contributed by atoms with Gasteiger partial charge in [0.2, 0.25) is 5.91 Å². The number of carbonyl (C=O) groups excluding carboxylic acids is 1. The average molecular weight is 301 g/mol. The second kappa shape index (κ2) is 6.24. The molecule has 0 fully saturated rings. The zero-order chi connectivity index (χ0) is 15.3. The van der Waals surface area contributed by atoms with Crippen LogP contribution in [-0.4, -0.2) is 44.5 Å². The van der Waals surface area contributed by atoms with Crippen LogP contribution in [0, 0.1) is 0 Å². The van der Waals surface area contributed by atoms with Crippen molar-refractivity contribution in [1.82, 2.24) is 0 Å². The van der Waals surface area contributed by atoms with E-state index in [0.717, 1.165) is 6.26 Å². The number of rotatable bonds is 5. The summed E-state index contributed by atoms with van der Waals surface area (Å²) in [6, 6.07) is 4.41. The molecule has 1 amide bonds. The summed E-state index contributed by atoms with van der Waals surface area (Å²) < 4.78 is 27.1. The summed E-state index contributed by atoms with van der Waals surface area (Å²) in [5, 5.41) is 13.8. The molecule has 0 aromatic heterocycles. The van der Waals surface area contributed by atoms with E-state index in [4.69, 9.17) is 15.7 Å². The maximum absolute atomic E-state index is 11.5. The minimum Gasteiger partial charge on any atom is -0.495 e. The summed E-state index contributed by atoms with van der Waals surface area (Å²) in [5.41, 5.74) is 6.11. The van der Waals surface area contributed by atoms with Gasteiger partial charge in [-0.2, -0.15) is 0 Å². The van der Waals surface area contributed by atoms with Gasteiger partial charge in [-0.15, -0.1) is 0 Å². The Kier molecular flexibility index (Phi) is 4.92. The van der Waals surface area contributed by atoms with Crippen molar-refractivity contribution in [2.45, 2.75) is 0 Å². The lowest BCUT2D eigenvalue weighted by Crippen LogP contribution is -2.22. The largest absolute Gasteiger partial charge is 0.495 e. The van der Waals surface area contributed by atoms with Crippen LogP contribution in [0.3, 0.4) is 0 Å². The summed E-state index contributed by atoms with van der Waals surface area (Å²) in [7, 11) is -2.04. The van der Waals surface area contributed by atoms with Crippen molar-refractivity contribution in [2.24, 2.45) is 10.9 Å². The molecule has 0 radical (unpaired) electrons. The number of sulfone groups is 1. The van der Waals surface area contributed by atoms with Crippen LogP contribution in [-0.2, 0) is 14.6 Å². The summed E-state index contributed by atoms with van der Waals surface area (Å²) >= 11 is 0. The number of nitrogens with zero attached hydrogens (tertiary/aromatic N) is 1. The summed E-state index contributed by atoms with van der Waals surface area (Å²) in [4.78, 5) is 11.5. The number of amidine groups is 1. The van der Waals surface area contributed by atoms with Gasteiger partial charge >= 0.3 is 0 Å². The highest BCUT2D eigenvalue weighted by atomic mass is 32.2. The highest BCUT2D eigenvalue weighted by Gasteiger charge is 2.14. The second-order valence-electron chi connectivity index (χ2n) is 4.02. The smallest absolute Gasteiger partial charge is 0.239 e. The van der Waals surface area contributed by atoms with Crippen molar-refractivity contribution in [3.63, 3.8) is 0 Å². The highest BCUT2D eigenvalue weighted by molar-refractivity contribution is 7.91. The molecule has 0 heterocycles. The molecular weight excluding hydrogens is 286 g/mol. The van der Waals surface area contributed by atoms with Crippen LogP contribution in [0.1, 0.15) is 5.56 Å². The van der Waals surface area contributed by atoms with Gasteiger partial charge in [-0.1, -0.05) is 5.16 Å². The molecule has 0 unspecified atom stereocenters. The fourth-order valence-electron chi connectivity index (χ4n) is 1.44. The van der Waals surface area contributed by atoms with E-state index < -0.39 is 21.5 Å². The zero-order valence-electron chi connectivity index (χ0n) is 11.0. The molecule has 1 aromatic carbocycles. The first-order valence-corrected chi connectivity index (χ1v) is 7.46. The molecule has 8 nitrogen and oxygen atoms in total. The Balaban J connectivity index is 2.99. The van der Waals surface area contributed by atoms with Crippen molar-refractivity contribution in [2.75, 3.05) is 24.4 Å². The van der Waals surface area contributed by atoms with Crippen LogP contribution >= 0.6 is 0 Å². The summed E-state index contributed by atoms with van der Waals surface area (Å²) in [5.74, 6) is -1.16. The first-order chi connectivity index (χ1) is 9.26. The monoisotopic (exact) mass is 301 g/mol. The first kappa shape index (κ1) is 15.8. The number of hydrogen-bond donors (Lipinski definition) is 3. The highest BCUT2D eigenvalue weighted by Crippen LogP contribution is 2.25. The van der Waals surface area contributed by atoms with E-state index in [1.807, 2.05) is 0 Å². The Labute approximate surface area is 116 Å². The van der Waals surface area contributed by atoms with Gasteiger partial charge in [-0.3, -0.25) is 4.79 Å². The van der Waals surface area contributed by atoms with Crippen LogP contribution < -0.4 is 15.8 Å². The maximum Gasteiger partial charge on any atom is 0.239 e. The molecule has 0 aliphatic carbocycles. The Morgan fingerprint density at radius 1 is 1.50 bits per heavy atom. The van der Waals surface area contributed by atoms with Gasteiger partial charge in [-0.25, -0.2) is 8.42 Å². The third-order valence-electron chi connectivity index (χ3n) is 2.27. The lowest BCUT2D eigenvalue weighted by molar-refractivity contribution is -0.113. The van der Waals surface area contributed by atoms with Crippen LogP contribution in [0.2, 0.25) is 0 Å². The molecule has 0 aliphatic heterocycles. The van der Waals surface area contributed by atoms with Crippen LogP contribution in [0.5, 0.6) is 5.75 Å². The summed E-state index contributed by atoms with van der Waals surface area (Å²) in [6.45, 7) is 0. The lowest BCUT2D eigenvalue weighted by Gasteiger charge is -2.11. The van der Waals surface area contributed by atoms with Gasteiger partial charge in [0.1, 0.15) is 11.5 Å². The number of nitrogens with two attached hydrogens (primary N) is 1. The van der Waals surface area contributed by atoms with E-state index in [9.17, 15) is 13.2 Å². The van der Waals surface area contributed by atoms with Gasteiger partial charge < -0.3 is 21.0 Å². The SMILES string of the molecule is COc1cc(/C(N)=N/O)ccc1NC(=O)CS(C)(=O)=O. The van der Waals surface area contributed by atoms with Crippen LogP contribution in [0.25, 0.3) is 0 Å². The standard InChI is InChI=1S/C11H15N3O5S/c1-19-9-5-7(11(12)14-16)3-4-8(9)13-10(15)6-20(2,17)18/h3-5,16H,6H2,1-2H3,(H2,12,14)(H,13,15). The molecule has 1 rings (SSSR count). The van der Waals surface area contributed by atoms with Crippen molar-refractivity contribution in [3.05, 3.63) is 23.8 Å². The quantitative estimate of drug-likeness (QED) is 0.298. The minimum absolute atomic E-state index is 0.114. The first-order valence-electron chi connectivity index (χ1n) is 5.40. The van der Waals surface area contributed by atoms with Gasteiger partial charge in [-0.05, 0) is 18.2 Å². The molecule has 0 saturated carbocycles.